The second-order valence-corrected chi connectivity index (χ2v) is 8.44. The maximum absolute atomic E-state index is 12.7. The number of fused-ring (bicyclic) bond motifs is 1. The third kappa shape index (κ3) is 4.49. The molecule has 1 aliphatic rings. The number of amides is 1. The van der Waals surface area contributed by atoms with Crippen LogP contribution < -0.4 is 10.6 Å². The predicted octanol–water partition coefficient (Wildman–Crippen LogP) is 3.60. The Kier molecular flexibility index (Phi) is 5.32. The standard InChI is InChI=1S/C23H26N6O2/c1-14-5-7-24-11-18(14)19-9-17-20(12-25-19)28-22(30)21(17)15(2)27-16-10-26-29(13-16)8-6-23(3,4)31/h5,7,9-13,27,31H,6,8H2,1-4H3,(H,28,30)/b21-15-. The molecule has 0 aliphatic carbocycles. The van der Waals surface area contributed by atoms with Crippen LogP contribution in [0.5, 0.6) is 0 Å². The predicted molar refractivity (Wildman–Crippen MR) is 120 cm³/mol. The van der Waals surface area contributed by atoms with Crippen molar-refractivity contribution in [1.29, 1.82) is 0 Å². The summed E-state index contributed by atoms with van der Waals surface area (Å²) < 4.78 is 1.77. The first-order valence-corrected chi connectivity index (χ1v) is 10.2. The molecule has 8 nitrogen and oxygen atoms in total. The summed E-state index contributed by atoms with van der Waals surface area (Å²) in [7, 11) is 0. The average molecular weight is 419 g/mol. The van der Waals surface area contributed by atoms with Gasteiger partial charge in [0.1, 0.15) is 0 Å². The second kappa shape index (κ2) is 7.96. The number of pyridine rings is 2. The maximum Gasteiger partial charge on any atom is 0.258 e. The number of nitrogens with one attached hydrogen (secondary N) is 2. The van der Waals surface area contributed by atoms with Crippen molar-refractivity contribution in [3.8, 4) is 11.3 Å². The van der Waals surface area contributed by atoms with Crippen molar-refractivity contribution in [2.24, 2.45) is 0 Å². The molecule has 0 aromatic carbocycles. The third-order valence-corrected chi connectivity index (χ3v) is 5.26. The van der Waals surface area contributed by atoms with Gasteiger partial charge in [0.25, 0.3) is 5.91 Å². The van der Waals surface area contributed by atoms with Gasteiger partial charge in [0.05, 0.1) is 40.6 Å². The minimum absolute atomic E-state index is 0.170. The number of carbonyl (C=O) groups is 1. The lowest BCUT2D eigenvalue weighted by molar-refractivity contribution is -0.110. The van der Waals surface area contributed by atoms with Crippen LogP contribution in [-0.4, -0.2) is 36.4 Å². The van der Waals surface area contributed by atoms with Gasteiger partial charge in [-0.1, -0.05) is 0 Å². The van der Waals surface area contributed by atoms with Crippen LogP contribution in [0.4, 0.5) is 11.4 Å². The molecule has 0 atom stereocenters. The van der Waals surface area contributed by atoms with Crippen molar-refractivity contribution in [1.82, 2.24) is 19.7 Å². The molecule has 0 spiro atoms. The molecule has 3 aromatic heterocycles. The minimum atomic E-state index is -0.749. The van der Waals surface area contributed by atoms with E-state index in [1.165, 1.54) is 0 Å². The monoisotopic (exact) mass is 418 g/mol. The highest BCUT2D eigenvalue weighted by Crippen LogP contribution is 2.36. The Morgan fingerprint density at radius 2 is 2.06 bits per heavy atom. The first kappa shape index (κ1) is 20.7. The van der Waals surface area contributed by atoms with E-state index in [1.54, 1.807) is 43.3 Å². The lowest BCUT2D eigenvalue weighted by Gasteiger charge is -2.16. The number of hydrogen-bond donors (Lipinski definition) is 3. The number of allylic oxidation sites excluding steroid dienone is 1. The number of aliphatic hydroxyl groups is 1. The molecule has 4 heterocycles. The van der Waals surface area contributed by atoms with Gasteiger partial charge < -0.3 is 15.7 Å². The number of rotatable bonds is 6. The molecule has 31 heavy (non-hydrogen) atoms. The molecule has 3 N–H and O–H groups in total. The van der Waals surface area contributed by atoms with E-state index in [4.69, 9.17) is 0 Å². The van der Waals surface area contributed by atoms with E-state index in [9.17, 15) is 9.90 Å². The summed E-state index contributed by atoms with van der Waals surface area (Å²) in [5, 5.41) is 20.4. The summed E-state index contributed by atoms with van der Waals surface area (Å²) in [4.78, 5) is 21.4. The van der Waals surface area contributed by atoms with Crippen molar-refractivity contribution in [2.45, 2.75) is 46.3 Å². The molecule has 3 aromatic rings. The second-order valence-electron chi connectivity index (χ2n) is 8.44. The average Bonchev–Trinajstić information content (AvgIpc) is 3.28. The zero-order chi connectivity index (χ0) is 22.2. The molecular weight excluding hydrogens is 392 g/mol. The summed E-state index contributed by atoms with van der Waals surface area (Å²) >= 11 is 0. The first-order chi connectivity index (χ1) is 14.7. The van der Waals surface area contributed by atoms with E-state index in [0.29, 0.717) is 24.2 Å². The van der Waals surface area contributed by atoms with Crippen molar-refractivity contribution in [3.63, 3.8) is 0 Å². The van der Waals surface area contributed by atoms with Gasteiger partial charge >= 0.3 is 0 Å². The molecule has 160 valence electrons. The fraction of sp³-hybridized carbons (Fsp3) is 0.304. The Balaban J connectivity index is 1.62. The molecule has 0 bridgehead atoms. The van der Waals surface area contributed by atoms with Crippen LogP contribution in [0.2, 0.25) is 0 Å². The summed E-state index contributed by atoms with van der Waals surface area (Å²) in [5.74, 6) is -0.170. The summed E-state index contributed by atoms with van der Waals surface area (Å²) in [6.45, 7) is 8.03. The maximum atomic E-state index is 12.7. The Morgan fingerprint density at radius 1 is 1.26 bits per heavy atom. The number of aryl methyl sites for hydroxylation is 2. The molecule has 1 amide bonds. The van der Waals surface area contributed by atoms with Gasteiger partial charge in [-0.3, -0.25) is 19.4 Å². The lowest BCUT2D eigenvalue weighted by Crippen LogP contribution is -2.21. The van der Waals surface area contributed by atoms with Crippen LogP contribution in [0.15, 0.2) is 48.8 Å². The number of hydrogen-bond acceptors (Lipinski definition) is 6. The SMILES string of the molecule is C/C(Nc1cnn(CCC(C)(C)O)c1)=C1/C(=O)Nc2cnc(-c3cnccc3C)cc21. The van der Waals surface area contributed by atoms with Crippen molar-refractivity contribution in [2.75, 3.05) is 10.6 Å². The molecule has 0 saturated heterocycles. The Bertz CT molecular complexity index is 1170. The molecule has 8 heteroatoms. The van der Waals surface area contributed by atoms with E-state index in [1.807, 2.05) is 32.2 Å². The van der Waals surface area contributed by atoms with Gasteiger partial charge in [0.2, 0.25) is 0 Å². The Hall–Kier alpha value is -3.52. The number of nitrogens with zero attached hydrogens (tertiary/aromatic N) is 4. The number of anilines is 2. The quantitative estimate of drug-likeness (QED) is 0.528. The van der Waals surface area contributed by atoms with Crippen LogP contribution in [0.3, 0.4) is 0 Å². The molecule has 0 fully saturated rings. The normalized spacial score (nSPS) is 14.9. The highest BCUT2D eigenvalue weighted by molar-refractivity contribution is 6.32. The molecule has 0 radical (unpaired) electrons. The molecule has 4 rings (SSSR count). The topological polar surface area (TPSA) is 105 Å². The Morgan fingerprint density at radius 3 is 2.81 bits per heavy atom. The third-order valence-electron chi connectivity index (χ3n) is 5.26. The van der Waals surface area contributed by atoms with E-state index in [2.05, 4.69) is 25.7 Å². The van der Waals surface area contributed by atoms with E-state index >= 15 is 0 Å². The number of aromatic nitrogens is 4. The largest absolute Gasteiger partial charge is 0.390 e. The van der Waals surface area contributed by atoms with Gasteiger partial charge in [-0.25, -0.2) is 0 Å². The first-order valence-electron chi connectivity index (χ1n) is 10.2. The van der Waals surface area contributed by atoms with Crippen LogP contribution in [0, 0.1) is 6.92 Å². The summed E-state index contributed by atoms with van der Waals surface area (Å²) in [6.07, 6.45) is 9.38. The molecule has 1 aliphatic heterocycles. The van der Waals surface area contributed by atoms with Gasteiger partial charge in [-0.15, -0.1) is 0 Å². The molecular formula is C23H26N6O2. The zero-order valence-electron chi connectivity index (χ0n) is 18.1. The van der Waals surface area contributed by atoms with Crippen molar-refractivity contribution >= 4 is 22.9 Å². The van der Waals surface area contributed by atoms with E-state index in [0.717, 1.165) is 33.8 Å². The number of carbonyl (C=O) groups excluding carboxylic acids is 1. The summed E-state index contributed by atoms with van der Waals surface area (Å²) in [5.41, 5.74) is 5.58. The smallest absolute Gasteiger partial charge is 0.258 e. The minimum Gasteiger partial charge on any atom is -0.390 e. The van der Waals surface area contributed by atoms with Gasteiger partial charge in [-0.2, -0.15) is 5.10 Å². The van der Waals surface area contributed by atoms with E-state index in [-0.39, 0.29) is 5.91 Å². The van der Waals surface area contributed by atoms with Crippen molar-refractivity contribution < 1.29 is 9.90 Å². The van der Waals surface area contributed by atoms with Crippen LogP contribution in [0.25, 0.3) is 16.8 Å². The zero-order valence-corrected chi connectivity index (χ0v) is 18.1. The van der Waals surface area contributed by atoms with Crippen LogP contribution in [-0.2, 0) is 11.3 Å². The summed E-state index contributed by atoms with van der Waals surface area (Å²) in [6, 6.07) is 3.86. The lowest BCUT2D eigenvalue weighted by atomic mass is 10.0. The molecule has 0 unspecified atom stereocenters. The van der Waals surface area contributed by atoms with Gasteiger partial charge in [-0.05, 0) is 51.8 Å². The van der Waals surface area contributed by atoms with Crippen LogP contribution in [0.1, 0.15) is 38.3 Å². The highest BCUT2D eigenvalue weighted by atomic mass is 16.3. The fourth-order valence-corrected chi connectivity index (χ4v) is 3.54. The van der Waals surface area contributed by atoms with Crippen LogP contribution >= 0.6 is 0 Å². The van der Waals surface area contributed by atoms with E-state index < -0.39 is 5.60 Å². The highest BCUT2D eigenvalue weighted by Gasteiger charge is 2.27. The Labute approximate surface area is 181 Å². The fourth-order valence-electron chi connectivity index (χ4n) is 3.54. The van der Waals surface area contributed by atoms with Crippen molar-refractivity contribution in [3.05, 3.63) is 59.9 Å². The molecule has 0 saturated carbocycles. The van der Waals surface area contributed by atoms with Gasteiger partial charge in [0.15, 0.2) is 0 Å². The van der Waals surface area contributed by atoms with Gasteiger partial charge in [0, 0.05) is 42.0 Å².